The van der Waals surface area contributed by atoms with Crippen LogP contribution in [0.3, 0.4) is 0 Å². The van der Waals surface area contributed by atoms with Crippen LogP contribution in [0.4, 0.5) is 0 Å². The lowest BCUT2D eigenvalue weighted by Crippen LogP contribution is -2.13. The minimum atomic E-state index is 0.154. The predicted octanol–water partition coefficient (Wildman–Crippen LogP) is 2.76. The molecule has 1 unspecified atom stereocenters. The third kappa shape index (κ3) is 3.14. The van der Waals surface area contributed by atoms with Gasteiger partial charge in [-0.15, -0.1) is 0 Å². The molecule has 1 rings (SSSR count). The number of methoxy groups -OCH3 is 1. The summed E-state index contributed by atoms with van der Waals surface area (Å²) in [6.07, 6.45) is 0.154. The van der Waals surface area contributed by atoms with Crippen LogP contribution in [0.15, 0.2) is 18.2 Å². The van der Waals surface area contributed by atoms with Crippen LogP contribution in [0, 0.1) is 0 Å². The van der Waals surface area contributed by atoms with Crippen LogP contribution in [0.2, 0.25) is 0 Å². The van der Waals surface area contributed by atoms with Crippen LogP contribution in [0.1, 0.15) is 32.4 Å². The van der Waals surface area contributed by atoms with E-state index in [1.807, 2.05) is 33.0 Å². The molecule has 3 nitrogen and oxygen atoms in total. The van der Waals surface area contributed by atoms with E-state index in [1.165, 1.54) is 5.56 Å². The van der Waals surface area contributed by atoms with E-state index in [0.29, 0.717) is 6.04 Å². The third-order valence-corrected chi connectivity index (χ3v) is 2.48. The quantitative estimate of drug-likeness (QED) is 0.832. The van der Waals surface area contributed by atoms with Gasteiger partial charge in [0.05, 0.1) is 13.2 Å². The molecule has 0 fully saturated rings. The van der Waals surface area contributed by atoms with Crippen LogP contribution in [-0.2, 0) is 0 Å². The summed E-state index contributed by atoms with van der Waals surface area (Å²) in [4.78, 5) is 0. The monoisotopic (exact) mass is 223 g/mol. The molecule has 0 aliphatic heterocycles. The van der Waals surface area contributed by atoms with E-state index in [-0.39, 0.29) is 6.10 Å². The maximum atomic E-state index is 5.66. The first-order valence-electron chi connectivity index (χ1n) is 5.60. The second kappa shape index (κ2) is 5.75. The molecule has 0 saturated heterocycles. The second-order valence-electron chi connectivity index (χ2n) is 4.09. The summed E-state index contributed by atoms with van der Waals surface area (Å²) in [5, 5.41) is 3.20. The highest BCUT2D eigenvalue weighted by Gasteiger charge is 2.10. The SMILES string of the molecule is CNC(C)c1ccc(OC(C)C)c(OC)c1. The van der Waals surface area contributed by atoms with Gasteiger partial charge in [0, 0.05) is 6.04 Å². The zero-order valence-corrected chi connectivity index (χ0v) is 10.7. The Morgan fingerprint density at radius 2 is 1.81 bits per heavy atom. The molecule has 1 N–H and O–H groups in total. The van der Waals surface area contributed by atoms with E-state index in [2.05, 4.69) is 18.3 Å². The van der Waals surface area contributed by atoms with Crippen LogP contribution >= 0.6 is 0 Å². The van der Waals surface area contributed by atoms with E-state index in [1.54, 1.807) is 7.11 Å². The van der Waals surface area contributed by atoms with Crippen LogP contribution in [-0.4, -0.2) is 20.3 Å². The van der Waals surface area contributed by atoms with Gasteiger partial charge >= 0.3 is 0 Å². The Morgan fingerprint density at radius 1 is 1.12 bits per heavy atom. The van der Waals surface area contributed by atoms with Crippen molar-refractivity contribution < 1.29 is 9.47 Å². The van der Waals surface area contributed by atoms with Crippen molar-refractivity contribution in [3.05, 3.63) is 23.8 Å². The first-order valence-corrected chi connectivity index (χ1v) is 5.60. The largest absolute Gasteiger partial charge is 0.493 e. The van der Waals surface area contributed by atoms with Gasteiger partial charge in [-0.3, -0.25) is 0 Å². The van der Waals surface area contributed by atoms with Crippen molar-refractivity contribution >= 4 is 0 Å². The molecule has 1 atom stereocenters. The van der Waals surface area contributed by atoms with Crippen molar-refractivity contribution in [1.82, 2.24) is 5.32 Å². The molecule has 0 aliphatic carbocycles. The fourth-order valence-corrected chi connectivity index (χ4v) is 1.47. The van der Waals surface area contributed by atoms with Gasteiger partial charge < -0.3 is 14.8 Å². The van der Waals surface area contributed by atoms with Crippen molar-refractivity contribution in [3.8, 4) is 11.5 Å². The molecule has 1 aromatic carbocycles. The molecular formula is C13H21NO2. The highest BCUT2D eigenvalue weighted by molar-refractivity contribution is 5.43. The maximum absolute atomic E-state index is 5.66. The number of ether oxygens (including phenoxy) is 2. The Labute approximate surface area is 97.8 Å². The summed E-state index contributed by atoms with van der Waals surface area (Å²) < 4.78 is 11.0. The highest BCUT2D eigenvalue weighted by atomic mass is 16.5. The van der Waals surface area contributed by atoms with E-state index >= 15 is 0 Å². The molecule has 0 saturated carbocycles. The van der Waals surface area contributed by atoms with Gasteiger partial charge in [0.15, 0.2) is 11.5 Å². The minimum Gasteiger partial charge on any atom is -0.493 e. The molecule has 0 aliphatic rings. The molecule has 0 radical (unpaired) electrons. The summed E-state index contributed by atoms with van der Waals surface area (Å²) in [5.74, 6) is 1.58. The summed E-state index contributed by atoms with van der Waals surface area (Å²) in [6, 6.07) is 6.34. The zero-order chi connectivity index (χ0) is 12.1. The predicted molar refractivity (Wildman–Crippen MR) is 66.2 cm³/mol. The lowest BCUT2D eigenvalue weighted by Gasteiger charge is -2.16. The number of rotatable bonds is 5. The van der Waals surface area contributed by atoms with Crippen LogP contribution in [0.5, 0.6) is 11.5 Å². The molecule has 0 aromatic heterocycles. The molecular weight excluding hydrogens is 202 g/mol. The lowest BCUT2D eigenvalue weighted by molar-refractivity contribution is 0.230. The zero-order valence-electron chi connectivity index (χ0n) is 10.7. The number of nitrogens with one attached hydrogen (secondary N) is 1. The molecule has 16 heavy (non-hydrogen) atoms. The topological polar surface area (TPSA) is 30.5 Å². The Morgan fingerprint density at radius 3 is 2.31 bits per heavy atom. The summed E-state index contributed by atoms with van der Waals surface area (Å²) in [6.45, 7) is 6.12. The van der Waals surface area contributed by atoms with Crippen LogP contribution < -0.4 is 14.8 Å². The molecule has 0 amide bonds. The maximum Gasteiger partial charge on any atom is 0.161 e. The molecule has 0 spiro atoms. The van der Waals surface area contributed by atoms with E-state index < -0.39 is 0 Å². The van der Waals surface area contributed by atoms with Gasteiger partial charge in [-0.05, 0) is 45.5 Å². The summed E-state index contributed by atoms with van der Waals surface area (Å²) in [5.41, 5.74) is 1.19. The Kier molecular flexibility index (Phi) is 4.62. The fraction of sp³-hybridized carbons (Fsp3) is 0.538. The van der Waals surface area contributed by atoms with Gasteiger partial charge in [0.2, 0.25) is 0 Å². The van der Waals surface area contributed by atoms with Crippen molar-refractivity contribution in [2.45, 2.75) is 32.9 Å². The Balaban J connectivity index is 2.97. The van der Waals surface area contributed by atoms with Gasteiger partial charge in [-0.1, -0.05) is 6.07 Å². The molecule has 0 bridgehead atoms. The minimum absolute atomic E-state index is 0.154. The van der Waals surface area contributed by atoms with Crippen molar-refractivity contribution in [2.75, 3.05) is 14.2 Å². The lowest BCUT2D eigenvalue weighted by atomic mass is 10.1. The number of hydrogen-bond acceptors (Lipinski definition) is 3. The van der Waals surface area contributed by atoms with Crippen LogP contribution in [0.25, 0.3) is 0 Å². The van der Waals surface area contributed by atoms with E-state index in [0.717, 1.165) is 11.5 Å². The summed E-state index contributed by atoms with van der Waals surface area (Å²) >= 11 is 0. The molecule has 90 valence electrons. The fourth-order valence-electron chi connectivity index (χ4n) is 1.47. The van der Waals surface area contributed by atoms with Crippen molar-refractivity contribution in [2.24, 2.45) is 0 Å². The smallest absolute Gasteiger partial charge is 0.161 e. The van der Waals surface area contributed by atoms with E-state index in [4.69, 9.17) is 9.47 Å². The Hall–Kier alpha value is -1.22. The highest BCUT2D eigenvalue weighted by Crippen LogP contribution is 2.30. The van der Waals surface area contributed by atoms with Gasteiger partial charge in [0.1, 0.15) is 0 Å². The van der Waals surface area contributed by atoms with Gasteiger partial charge in [-0.25, -0.2) is 0 Å². The molecule has 1 aromatic rings. The number of benzene rings is 1. The third-order valence-electron chi connectivity index (χ3n) is 2.48. The Bertz CT molecular complexity index is 337. The second-order valence-corrected chi connectivity index (χ2v) is 4.09. The van der Waals surface area contributed by atoms with Crippen molar-refractivity contribution in [1.29, 1.82) is 0 Å². The normalized spacial score (nSPS) is 12.6. The van der Waals surface area contributed by atoms with Gasteiger partial charge in [-0.2, -0.15) is 0 Å². The first kappa shape index (κ1) is 12.8. The molecule has 0 heterocycles. The standard InChI is InChI=1S/C13H21NO2/c1-9(2)16-12-7-6-11(10(3)14-4)8-13(12)15-5/h6-10,14H,1-5H3. The average Bonchev–Trinajstić information content (AvgIpc) is 2.27. The molecule has 3 heteroatoms. The summed E-state index contributed by atoms with van der Waals surface area (Å²) in [7, 11) is 3.60. The average molecular weight is 223 g/mol. The van der Waals surface area contributed by atoms with Gasteiger partial charge in [0.25, 0.3) is 0 Å². The van der Waals surface area contributed by atoms with E-state index in [9.17, 15) is 0 Å². The number of hydrogen-bond donors (Lipinski definition) is 1. The van der Waals surface area contributed by atoms with Crippen molar-refractivity contribution in [3.63, 3.8) is 0 Å². The first-order chi connectivity index (χ1) is 7.58.